The van der Waals surface area contributed by atoms with Crippen LogP contribution in [-0.2, 0) is 20.6 Å². The van der Waals surface area contributed by atoms with E-state index in [1.54, 1.807) is 0 Å². The number of rotatable bonds is 12. The van der Waals surface area contributed by atoms with Gasteiger partial charge in [-0.05, 0) is 46.5 Å². The lowest BCUT2D eigenvalue weighted by molar-refractivity contribution is -0.187. The van der Waals surface area contributed by atoms with Gasteiger partial charge in [0.2, 0.25) is 12.2 Å². The second-order valence-corrected chi connectivity index (χ2v) is 9.16. The molecule has 8 nitrogen and oxygen atoms in total. The minimum absolute atomic E-state index is 0.00989. The number of allylic oxidation sites excluding steroid dienone is 4. The van der Waals surface area contributed by atoms with Gasteiger partial charge in [-0.3, -0.25) is 4.68 Å². The number of hydrogen-bond acceptors (Lipinski definition) is 7. The molecule has 192 valence electrons. The van der Waals surface area contributed by atoms with Crippen molar-refractivity contribution in [1.82, 2.24) is 9.78 Å². The SMILES string of the molecule is CCC/C(=C/C/C=C(\C)Cc1cn(C(C)C)nc1OC1CC(O)CC(COC(=O)OC)O1)CC. The number of aliphatic hydroxyl groups is 1. The van der Waals surface area contributed by atoms with Crippen LogP contribution in [0.4, 0.5) is 4.79 Å². The molecule has 1 aromatic heterocycles. The van der Waals surface area contributed by atoms with Crippen molar-refractivity contribution in [1.29, 1.82) is 0 Å². The molecule has 0 bridgehead atoms. The average molecular weight is 479 g/mol. The Morgan fingerprint density at radius 1 is 1.32 bits per heavy atom. The third kappa shape index (κ3) is 9.14. The lowest BCUT2D eigenvalue weighted by Crippen LogP contribution is -2.41. The number of carbonyl (C=O) groups excluding carboxylic acids is 1. The summed E-state index contributed by atoms with van der Waals surface area (Å²) in [6.45, 7) is 10.7. The van der Waals surface area contributed by atoms with Gasteiger partial charge in [0, 0.05) is 30.6 Å². The maximum atomic E-state index is 11.3. The standard InChI is InChI=1S/C26H42N2O6/c1-7-10-20(8-2)12-9-11-19(5)13-21-16-28(18(3)4)27-25(21)34-24-15-22(29)14-23(33-24)17-32-26(30)31-6/h11-12,16,18,22-24,29H,7-10,13-15,17H2,1-6H3/b19-11+,20-12+. The zero-order valence-electron chi connectivity index (χ0n) is 21.6. The third-order valence-electron chi connectivity index (χ3n) is 5.81. The monoisotopic (exact) mass is 478 g/mol. The van der Waals surface area contributed by atoms with E-state index in [0.717, 1.165) is 31.2 Å². The van der Waals surface area contributed by atoms with Crippen molar-refractivity contribution in [3.63, 3.8) is 0 Å². The highest BCUT2D eigenvalue weighted by molar-refractivity contribution is 5.59. The Balaban J connectivity index is 2.08. The highest BCUT2D eigenvalue weighted by Crippen LogP contribution is 2.27. The Kier molecular flexibility index (Phi) is 11.6. The fourth-order valence-corrected chi connectivity index (χ4v) is 3.92. The first kappa shape index (κ1) is 27.9. The summed E-state index contributed by atoms with van der Waals surface area (Å²) in [7, 11) is 1.25. The van der Waals surface area contributed by atoms with E-state index >= 15 is 0 Å². The molecule has 0 aliphatic carbocycles. The van der Waals surface area contributed by atoms with Gasteiger partial charge < -0.3 is 24.1 Å². The summed E-state index contributed by atoms with van der Waals surface area (Å²) in [5.41, 5.74) is 3.72. The van der Waals surface area contributed by atoms with Crippen LogP contribution >= 0.6 is 0 Å². The third-order valence-corrected chi connectivity index (χ3v) is 5.81. The van der Waals surface area contributed by atoms with Crippen LogP contribution in [0, 0.1) is 0 Å². The summed E-state index contributed by atoms with van der Waals surface area (Å²) in [4.78, 5) is 11.3. The molecule has 0 radical (unpaired) electrons. The molecular weight excluding hydrogens is 436 g/mol. The number of aliphatic hydroxyl groups excluding tert-OH is 1. The van der Waals surface area contributed by atoms with Crippen LogP contribution in [0.5, 0.6) is 5.88 Å². The van der Waals surface area contributed by atoms with E-state index in [1.807, 2.05) is 10.9 Å². The van der Waals surface area contributed by atoms with Crippen LogP contribution in [0.25, 0.3) is 0 Å². The van der Waals surface area contributed by atoms with Crippen LogP contribution < -0.4 is 4.74 Å². The van der Waals surface area contributed by atoms with Crippen molar-refractivity contribution in [2.75, 3.05) is 13.7 Å². The van der Waals surface area contributed by atoms with E-state index in [-0.39, 0.29) is 12.6 Å². The molecule has 1 saturated heterocycles. The Bertz CT molecular complexity index is 829. The fraction of sp³-hybridized carbons (Fsp3) is 0.692. The Morgan fingerprint density at radius 2 is 2.09 bits per heavy atom. The molecule has 1 N–H and O–H groups in total. The molecule has 3 atom stereocenters. The van der Waals surface area contributed by atoms with Crippen molar-refractivity contribution in [3.05, 3.63) is 35.1 Å². The quantitative estimate of drug-likeness (QED) is 0.313. The predicted octanol–water partition coefficient (Wildman–Crippen LogP) is 5.51. The molecule has 0 saturated carbocycles. The van der Waals surface area contributed by atoms with Crippen molar-refractivity contribution in [2.24, 2.45) is 0 Å². The van der Waals surface area contributed by atoms with Gasteiger partial charge in [0.05, 0.1) is 19.3 Å². The molecule has 1 aliphatic rings. The molecule has 0 amide bonds. The minimum Gasteiger partial charge on any atom is -0.446 e. The zero-order chi connectivity index (χ0) is 25.1. The van der Waals surface area contributed by atoms with E-state index in [4.69, 9.17) is 14.2 Å². The Morgan fingerprint density at radius 3 is 2.74 bits per heavy atom. The molecule has 0 spiro atoms. The number of nitrogens with zero attached hydrogens (tertiary/aromatic N) is 2. The van der Waals surface area contributed by atoms with E-state index < -0.39 is 24.7 Å². The van der Waals surface area contributed by atoms with Gasteiger partial charge in [-0.15, -0.1) is 5.10 Å². The smallest absolute Gasteiger partial charge is 0.446 e. The van der Waals surface area contributed by atoms with Gasteiger partial charge >= 0.3 is 6.16 Å². The van der Waals surface area contributed by atoms with Crippen LogP contribution in [0.15, 0.2) is 29.5 Å². The topological polar surface area (TPSA) is 92.0 Å². The van der Waals surface area contributed by atoms with Crippen molar-refractivity contribution in [3.8, 4) is 5.88 Å². The van der Waals surface area contributed by atoms with Gasteiger partial charge in [-0.25, -0.2) is 4.79 Å². The molecule has 1 fully saturated rings. The summed E-state index contributed by atoms with van der Waals surface area (Å²) >= 11 is 0. The molecule has 1 aliphatic heterocycles. The zero-order valence-corrected chi connectivity index (χ0v) is 21.6. The number of ether oxygens (including phenoxy) is 4. The molecule has 2 heterocycles. The first-order valence-corrected chi connectivity index (χ1v) is 12.4. The number of carbonyl (C=O) groups is 1. The first-order valence-electron chi connectivity index (χ1n) is 12.4. The number of methoxy groups -OCH3 is 1. The van der Waals surface area contributed by atoms with Crippen molar-refractivity contribution in [2.45, 2.75) is 104 Å². The van der Waals surface area contributed by atoms with Gasteiger partial charge in [-0.2, -0.15) is 0 Å². The Labute approximate surface area is 203 Å². The maximum Gasteiger partial charge on any atom is 0.508 e. The first-order chi connectivity index (χ1) is 16.2. The van der Waals surface area contributed by atoms with E-state index in [1.165, 1.54) is 24.7 Å². The second-order valence-electron chi connectivity index (χ2n) is 9.16. The average Bonchev–Trinajstić information content (AvgIpc) is 3.18. The minimum atomic E-state index is -0.781. The van der Waals surface area contributed by atoms with Crippen LogP contribution in [0.2, 0.25) is 0 Å². The molecular formula is C26H42N2O6. The lowest BCUT2D eigenvalue weighted by atomic mass is 10.0. The summed E-state index contributed by atoms with van der Waals surface area (Å²) in [6.07, 6.45) is 9.77. The lowest BCUT2D eigenvalue weighted by Gasteiger charge is -2.32. The molecule has 8 heteroatoms. The van der Waals surface area contributed by atoms with E-state index in [0.29, 0.717) is 18.7 Å². The number of hydrogen-bond donors (Lipinski definition) is 1. The van der Waals surface area contributed by atoms with Gasteiger partial charge in [0.25, 0.3) is 0 Å². The summed E-state index contributed by atoms with van der Waals surface area (Å²) in [6, 6.07) is 0.184. The molecule has 3 unspecified atom stereocenters. The highest BCUT2D eigenvalue weighted by atomic mass is 16.7. The highest BCUT2D eigenvalue weighted by Gasteiger charge is 2.32. The molecule has 0 aromatic carbocycles. The molecule has 1 aromatic rings. The maximum absolute atomic E-state index is 11.3. The van der Waals surface area contributed by atoms with Gasteiger partial charge in [0.1, 0.15) is 6.61 Å². The van der Waals surface area contributed by atoms with Crippen molar-refractivity contribution >= 4 is 6.16 Å². The van der Waals surface area contributed by atoms with Crippen molar-refractivity contribution < 1.29 is 28.8 Å². The Hall–Kier alpha value is -2.32. The summed E-state index contributed by atoms with van der Waals surface area (Å²) < 4.78 is 23.4. The number of aromatic nitrogens is 2. The molecule has 34 heavy (non-hydrogen) atoms. The van der Waals surface area contributed by atoms with Crippen LogP contribution in [0.1, 0.15) is 84.7 Å². The van der Waals surface area contributed by atoms with Gasteiger partial charge in [-0.1, -0.05) is 43.6 Å². The normalized spacial score (nSPS) is 21.6. The molecule has 2 rings (SSSR count). The second kappa shape index (κ2) is 14.2. The van der Waals surface area contributed by atoms with E-state index in [9.17, 15) is 9.90 Å². The predicted molar refractivity (Wildman–Crippen MR) is 131 cm³/mol. The van der Waals surface area contributed by atoms with Crippen LogP contribution in [-0.4, -0.2) is 53.3 Å². The fourth-order valence-electron chi connectivity index (χ4n) is 3.92. The van der Waals surface area contributed by atoms with Gasteiger partial charge in [0.15, 0.2) is 0 Å². The van der Waals surface area contributed by atoms with E-state index in [2.05, 4.69) is 56.6 Å². The summed E-state index contributed by atoms with van der Waals surface area (Å²) in [5, 5.41) is 14.9. The summed E-state index contributed by atoms with van der Waals surface area (Å²) in [5.74, 6) is 0.504. The largest absolute Gasteiger partial charge is 0.508 e. The van der Waals surface area contributed by atoms with Crippen LogP contribution in [0.3, 0.4) is 0 Å².